The van der Waals surface area contributed by atoms with Crippen LogP contribution in [-0.2, 0) is 11.2 Å². The summed E-state index contributed by atoms with van der Waals surface area (Å²) in [6.45, 7) is 0.337. The number of nitriles is 1. The number of hydrogen-bond acceptors (Lipinski definition) is 4. The highest BCUT2D eigenvalue weighted by Gasteiger charge is 2.42. The normalized spacial score (nSPS) is 24.3. The fourth-order valence-electron chi connectivity index (χ4n) is 2.07. The van der Waals surface area contributed by atoms with Crippen LogP contribution in [-0.4, -0.2) is 31.5 Å². The summed E-state index contributed by atoms with van der Waals surface area (Å²) < 4.78 is 10.5. The van der Waals surface area contributed by atoms with Gasteiger partial charge in [0.2, 0.25) is 0 Å². The van der Waals surface area contributed by atoms with Crippen LogP contribution in [0.4, 0.5) is 0 Å². The lowest BCUT2D eigenvalue weighted by molar-refractivity contribution is -0.0286. The molecular weight excluding hydrogens is 218 g/mol. The maximum Gasteiger partial charge on any atom is 0.123 e. The maximum atomic E-state index is 10.0. The van der Waals surface area contributed by atoms with Gasteiger partial charge in [-0.1, -0.05) is 18.2 Å². The smallest absolute Gasteiger partial charge is 0.123 e. The number of ether oxygens (including phenoxy) is 2. The average molecular weight is 233 g/mol. The fraction of sp³-hybridized carbons (Fsp3) is 0.462. The number of hydrogen-bond donors (Lipinski definition) is 1. The Morgan fingerprint density at radius 1 is 1.59 bits per heavy atom. The van der Waals surface area contributed by atoms with Crippen LogP contribution in [0, 0.1) is 16.7 Å². The third kappa shape index (κ3) is 2.12. The predicted octanol–water partition coefficient (Wildman–Crippen LogP) is 1.14. The molecule has 1 aliphatic rings. The third-order valence-corrected chi connectivity index (χ3v) is 3.15. The summed E-state index contributed by atoms with van der Waals surface area (Å²) in [7, 11) is 1.51. The van der Waals surface area contributed by atoms with Crippen molar-refractivity contribution in [3.63, 3.8) is 0 Å². The molecule has 1 N–H and O–H groups in total. The maximum absolute atomic E-state index is 10.0. The van der Waals surface area contributed by atoms with E-state index in [9.17, 15) is 10.4 Å². The van der Waals surface area contributed by atoms with Crippen molar-refractivity contribution in [2.75, 3.05) is 20.3 Å². The lowest BCUT2D eigenvalue weighted by Gasteiger charge is -2.35. The molecule has 1 aliphatic heterocycles. The molecule has 1 aromatic rings. The summed E-state index contributed by atoms with van der Waals surface area (Å²) in [5.74, 6) is 0.794. The Kier molecular flexibility index (Phi) is 3.32. The summed E-state index contributed by atoms with van der Waals surface area (Å²) in [6, 6.07) is 9.77. The SMILES string of the molecule is COCC(O)C1(C#N)COc2ccccc2C1. The zero-order valence-corrected chi connectivity index (χ0v) is 9.72. The summed E-state index contributed by atoms with van der Waals surface area (Å²) in [5.41, 5.74) is 0.0418. The molecule has 0 aromatic heterocycles. The van der Waals surface area contributed by atoms with E-state index in [1.54, 1.807) is 0 Å². The number of aliphatic hydroxyl groups is 1. The third-order valence-electron chi connectivity index (χ3n) is 3.15. The van der Waals surface area contributed by atoms with E-state index in [4.69, 9.17) is 9.47 Å². The highest BCUT2D eigenvalue weighted by atomic mass is 16.5. The first-order chi connectivity index (χ1) is 8.22. The van der Waals surface area contributed by atoms with Gasteiger partial charge in [0.15, 0.2) is 0 Å². The number of methoxy groups -OCH3 is 1. The molecule has 2 rings (SSSR count). The molecule has 0 saturated carbocycles. The molecule has 1 aromatic carbocycles. The van der Waals surface area contributed by atoms with Crippen LogP contribution in [0.25, 0.3) is 0 Å². The van der Waals surface area contributed by atoms with Crippen molar-refractivity contribution >= 4 is 0 Å². The number of nitrogens with zero attached hydrogens (tertiary/aromatic N) is 1. The first-order valence-corrected chi connectivity index (χ1v) is 5.51. The van der Waals surface area contributed by atoms with Crippen LogP contribution in [0.3, 0.4) is 0 Å². The Hall–Kier alpha value is -1.57. The second-order valence-electron chi connectivity index (χ2n) is 4.31. The Morgan fingerprint density at radius 2 is 2.35 bits per heavy atom. The molecule has 0 radical (unpaired) electrons. The van der Waals surface area contributed by atoms with Crippen LogP contribution in [0.15, 0.2) is 24.3 Å². The molecule has 4 heteroatoms. The van der Waals surface area contributed by atoms with Crippen LogP contribution in [0.1, 0.15) is 5.56 Å². The second-order valence-corrected chi connectivity index (χ2v) is 4.31. The Morgan fingerprint density at radius 3 is 3.06 bits per heavy atom. The Balaban J connectivity index is 2.27. The number of rotatable bonds is 3. The minimum absolute atomic E-state index is 0.138. The van der Waals surface area contributed by atoms with Gasteiger partial charge in [0.05, 0.1) is 18.8 Å². The van der Waals surface area contributed by atoms with E-state index in [2.05, 4.69) is 6.07 Å². The molecule has 4 nitrogen and oxygen atoms in total. The Bertz CT molecular complexity index is 441. The van der Waals surface area contributed by atoms with Gasteiger partial charge in [-0.15, -0.1) is 0 Å². The van der Waals surface area contributed by atoms with Gasteiger partial charge >= 0.3 is 0 Å². The van der Waals surface area contributed by atoms with Gasteiger partial charge in [0.1, 0.15) is 17.8 Å². The molecule has 0 saturated heterocycles. The molecule has 0 fully saturated rings. The molecule has 0 bridgehead atoms. The van der Waals surface area contributed by atoms with E-state index < -0.39 is 11.5 Å². The molecular formula is C13H15NO3. The van der Waals surface area contributed by atoms with E-state index in [0.29, 0.717) is 6.42 Å². The topological polar surface area (TPSA) is 62.5 Å². The van der Waals surface area contributed by atoms with Crippen LogP contribution in [0.2, 0.25) is 0 Å². The van der Waals surface area contributed by atoms with Crippen molar-refractivity contribution < 1.29 is 14.6 Å². The van der Waals surface area contributed by atoms with Crippen molar-refractivity contribution in [1.82, 2.24) is 0 Å². The van der Waals surface area contributed by atoms with Gasteiger partial charge in [-0.05, 0) is 11.6 Å². The standard InChI is InChI=1S/C13H15NO3/c1-16-7-12(15)13(8-14)6-10-4-2-3-5-11(10)17-9-13/h2-5,12,15H,6-7,9H2,1H3. The van der Waals surface area contributed by atoms with E-state index in [1.165, 1.54) is 7.11 Å². The quantitative estimate of drug-likeness (QED) is 0.850. The first kappa shape index (κ1) is 11.9. The van der Waals surface area contributed by atoms with E-state index in [1.807, 2.05) is 24.3 Å². The zero-order valence-electron chi connectivity index (χ0n) is 9.72. The number of aliphatic hydroxyl groups excluding tert-OH is 1. The molecule has 2 unspecified atom stereocenters. The average Bonchev–Trinajstić information content (AvgIpc) is 2.38. The van der Waals surface area contributed by atoms with Crippen molar-refractivity contribution in [3.8, 4) is 11.8 Å². The summed E-state index contributed by atoms with van der Waals surface area (Å²) in [5, 5.41) is 19.3. The summed E-state index contributed by atoms with van der Waals surface area (Å²) in [4.78, 5) is 0. The van der Waals surface area contributed by atoms with Gasteiger partial charge in [-0.3, -0.25) is 0 Å². The number of benzene rings is 1. The van der Waals surface area contributed by atoms with Gasteiger partial charge in [0.25, 0.3) is 0 Å². The summed E-state index contributed by atoms with van der Waals surface area (Å²) >= 11 is 0. The highest BCUT2D eigenvalue weighted by molar-refractivity contribution is 5.37. The van der Waals surface area contributed by atoms with Gasteiger partial charge in [-0.2, -0.15) is 5.26 Å². The molecule has 0 spiro atoms. The lowest BCUT2D eigenvalue weighted by atomic mass is 9.77. The van der Waals surface area contributed by atoms with Crippen molar-refractivity contribution in [3.05, 3.63) is 29.8 Å². The van der Waals surface area contributed by atoms with Crippen LogP contribution in [0.5, 0.6) is 5.75 Å². The molecule has 0 aliphatic carbocycles. The van der Waals surface area contributed by atoms with Gasteiger partial charge in [-0.25, -0.2) is 0 Å². The lowest BCUT2D eigenvalue weighted by Crippen LogP contribution is -2.45. The summed E-state index contributed by atoms with van der Waals surface area (Å²) in [6.07, 6.45) is -0.352. The second kappa shape index (κ2) is 4.74. The largest absolute Gasteiger partial charge is 0.492 e. The van der Waals surface area contributed by atoms with Gasteiger partial charge in [0, 0.05) is 13.5 Å². The van der Waals surface area contributed by atoms with E-state index >= 15 is 0 Å². The van der Waals surface area contributed by atoms with Crippen molar-refractivity contribution in [2.24, 2.45) is 5.41 Å². The van der Waals surface area contributed by atoms with Crippen LogP contribution >= 0.6 is 0 Å². The molecule has 90 valence electrons. The highest BCUT2D eigenvalue weighted by Crippen LogP contribution is 2.36. The fourth-order valence-corrected chi connectivity index (χ4v) is 2.07. The zero-order chi connectivity index (χ0) is 12.3. The molecule has 17 heavy (non-hydrogen) atoms. The van der Waals surface area contributed by atoms with Crippen molar-refractivity contribution in [2.45, 2.75) is 12.5 Å². The molecule has 0 amide bonds. The minimum atomic E-state index is -0.912. The molecule has 1 heterocycles. The number of fused-ring (bicyclic) bond motifs is 1. The van der Waals surface area contributed by atoms with Crippen molar-refractivity contribution in [1.29, 1.82) is 5.26 Å². The minimum Gasteiger partial charge on any atom is -0.492 e. The van der Waals surface area contributed by atoms with E-state index in [-0.39, 0.29) is 13.2 Å². The number of para-hydroxylation sites is 1. The van der Waals surface area contributed by atoms with E-state index in [0.717, 1.165) is 11.3 Å². The van der Waals surface area contributed by atoms with Gasteiger partial charge < -0.3 is 14.6 Å². The first-order valence-electron chi connectivity index (χ1n) is 5.51. The predicted molar refractivity (Wildman–Crippen MR) is 61.6 cm³/mol. The Labute approximate surface area is 100 Å². The van der Waals surface area contributed by atoms with Crippen LogP contribution < -0.4 is 4.74 Å². The molecule has 2 atom stereocenters. The monoisotopic (exact) mass is 233 g/mol.